The third-order valence-electron chi connectivity index (χ3n) is 3.14. The fraction of sp³-hybridized carbons (Fsp3) is 0.333. The van der Waals surface area contributed by atoms with Crippen LogP contribution in [0.15, 0.2) is 47.7 Å². The highest BCUT2D eigenvalue weighted by atomic mass is 16.5. The summed E-state index contributed by atoms with van der Waals surface area (Å²) in [7, 11) is 1.65. The van der Waals surface area contributed by atoms with Crippen LogP contribution >= 0.6 is 0 Å². The number of ether oxygens (including phenoxy) is 1. The normalized spacial score (nSPS) is 12.1. The lowest BCUT2D eigenvalue weighted by Crippen LogP contribution is -2.30. The van der Waals surface area contributed by atoms with Gasteiger partial charge in [0.05, 0.1) is 19.5 Å². The molecule has 5 heteroatoms. The minimum Gasteiger partial charge on any atom is -0.496 e. The number of likely N-dealkylation sites (N-methyl/N-ethyl adjacent to an activating group) is 1. The molecule has 2 aromatic rings. The summed E-state index contributed by atoms with van der Waals surface area (Å²) in [6.45, 7) is 3.35. The van der Waals surface area contributed by atoms with Gasteiger partial charge >= 0.3 is 0 Å². The Labute approximate surface area is 118 Å². The molecule has 0 aliphatic rings. The first-order chi connectivity index (χ1) is 9.76. The van der Waals surface area contributed by atoms with Gasteiger partial charge in [0.2, 0.25) is 0 Å². The van der Waals surface area contributed by atoms with E-state index in [0.717, 1.165) is 17.9 Å². The maximum absolute atomic E-state index is 11.8. The van der Waals surface area contributed by atoms with Crippen LogP contribution in [0, 0.1) is 0 Å². The first-order valence-electron chi connectivity index (χ1n) is 6.63. The van der Waals surface area contributed by atoms with Crippen molar-refractivity contribution in [3.8, 4) is 5.75 Å². The first kappa shape index (κ1) is 14.3. The number of nitrogens with one attached hydrogen (secondary N) is 1. The fourth-order valence-electron chi connectivity index (χ4n) is 2.19. The molecule has 0 fully saturated rings. The van der Waals surface area contributed by atoms with Gasteiger partial charge in [-0.05, 0) is 12.6 Å². The van der Waals surface area contributed by atoms with Gasteiger partial charge in [-0.15, -0.1) is 0 Å². The molecule has 0 spiro atoms. The van der Waals surface area contributed by atoms with E-state index in [-0.39, 0.29) is 11.6 Å². The quantitative estimate of drug-likeness (QED) is 0.868. The van der Waals surface area contributed by atoms with Crippen LogP contribution in [0.5, 0.6) is 5.75 Å². The summed E-state index contributed by atoms with van der Waals surface area (Å²) < 4.78 is 6.99. The molecule has 0 aliphatic carbocycles. The molecule has 1 atom stereocenters. The molecule has 1 unspecified atom stereocenters. The van der Waals surface area contributed by atoms with Crippen molar-refractivity contribution in [2.24, 2.45) is 0 Å². The van der Waals surface area contributed by atoms with Crippen molar-refractivity contribution in [3.05, 3.63) is 58.8 Å². The van der Waals surface area contributed by atoms with E-state index in [4.69, 9.17) is 4.74 Å². The van der Waals surface area contributed by atoms with Gasteiger partial charge in [-0.3, -0.25) is 9.36 Å². The average molecular weight is 273 g/mol. The van der Waals surface area contributed by atoms with Crippen molar-refractivity contribution in [2.45, 2.75) is 19.5 Å². The molecule has 0 saturated carbocycles. The highest BCUT2D eigenvalue weighted by Gasteiger charge is 2.15. The van der Waals surface area contributed by atoms with Crippen LogP contribution in [0.1, 0.15) is 18.5 Å². The first-order valence-corrected chi connectivity index (χ1v) is 6.63. The van der Waals surface area contributed by atoms with Gasteiger partial charge in [-0.1, -0.05) is 25.1 Å². The lowest BCUT2D eigenvalue weighted by atomic mass is 10.1. The Bertz CT molecular complexity index is 610. The molecule has 1 heterocycles. The second kappa shape index (κ2) is 6.86. The smallest absolute Gasteiger partial charge is 0.253 e. The van der Waals surface area contributed by atoms with Gasteiger partial charge in [-0.25, -0.2) is 4.98 Å². The van der Waals surface area contributed by atoms with Crippen LogP contribution in [-0.2, 0) is 6.54 Å². The minimum atomic E-state index is -0.0576. The van der Waals surface area contributed by atoms with Crippen LogP contribution in [0.3, 0.4) is 0 Å². The van der Waals surface area contributed by atoms with E-state index in [0.29, 0.717) is 6.54 Å². The van der Waals surface area contributed by atoms with E-state index in [1.165, 1.54) is 12.3 Å². The lowest BCUT2D eigenvalue weighted by molar-refractivity contribution is 0.389. The third-order valence-corrected chi connectivity index (χ3v) is 3.14. The topological polar surface area (TPSA) is 56.2 Å². The molecule has 0 bridgehead atoms. The van der Waals surface area contributed by atoms with Crippen molar-refractivity contribution in [1.29, 1.82) is 0 Å². The Kier molecular flexibility index (Phi) is 4.90. The Hall–Kier alpha value is -2.14. The zero-order valence-electron chi connectivity index (χ0n) is 11.7. The summed E-state index contributed by atoms with van der Waals surface area (Å²) in [4.78, 5) is 15.8. The number of nitrogens with zero attached hydrogens (tertiary/aromatic N) is 2. The average Bonchev–Trinajstić information content (AvgIpc) is 2.49. The van der Waals surface area contributed by atoms with Crippen LogP contribution in [-0.4, -0.2) is 23.2 Å². The van der Waals surface area contributed by atoms with Crippen LogP contribution in [0.4, 0.5) is 0 Å². The maximum Gasteiger partial charge on any atom is 0.253 e. The molecule has 0 saturated heterocycles. The summed E-state index contributed by atoms with van der Waals surface area (Å²) in [5, 5.41) is 3.38. The zero-order valence-corrected chi connectivity index (χ0v) is 11.7. The van der Waals surface area contributed by atoms with E-state index < -0.39 is 0 Å². The molecule has 1 aromatic carbocycles. The van der Waals surface area contributed by atoms with Crippen molar-refractivity contribution < 1.29 is 4.74 Å². The molecule has 5 nitrogen and oxygen atoms in total. The SMILES string of the molecule is CCNC(Cn1cnccc1=O)c1ccccc1OC. The predicted molar refractivity (Wildman–Crippen MR) is 77.9 cm³/mol. The van der Waals surface area contributed by atoms with Gasteiger partial charge in [0.1, 0.15) is 5.75 Å². The largest absolute Gasteiger partial charge is 0.496 e. The Morgan fingerprint density at radius 1 is 1.35 bits per heavy atom. The molecular weight excluding hydrogens is 254 g/mol. The maximum atomic E-state index is 11.8. The van der Waals surface area contributed by atoms with Gasteiger partial charge in [0, 0.05) is 24.4 Å². The summed E-state index contributed by atoms with van der Waals surface area (Å²) in [6, 6.07) is 9.29. The molecule has 1 aromatic heterocycles. The lowest BCUT2D eigenvalue weighted by Gasteiger charge is -2.21. The Balaban J connectivity index is 2.32. The van der Waals surface area contributed by atoms with E-state index >= 15 is 0 Å². The van der Waals surface area contributed by atoms with Gasteiger partial charge in [-0.2, -0.15) is 0 Å². The summed E-state index contributed by atoms with van der Waals surface area (Å²) in [6.07, 6.45) is 3.06. The highest BCUT2D eigenvalue weighted by Crippen LogP contribution is 2.25. The fourth-order valence-corrected chi connectivity index (χ4v) is 2.19. The second-order valence-corrected chi connectivity index (χ2v) is 4.42. The predicted octanol–water partition coefficient (Wildman–Crippen LogP) is 1.60. The van der Waals surface area contributed by atoms with Crippen LogP contribution in [0.2, 0.25) is 0 Å². The number of hydrogen-bond acceptors (Lipinski definition) is 4. The molecule has 20 heavy (non-hydrogen) atoms. The summed E-state index contributed by atoms with van der Waals surface area (Å²) in [5.41, 5.74) is 0.977. The van der Waals surface area contributed by atoms with E-state index in [2.05, 4.69) is 10.3 Å². The molecule has 0 aliphatic heterocycles. The van der Waals surface area contributed by atoms with Crippen molar-refractivity contribution >= 4 is 0 Å². The van der Waals surface area contributed by atoms with Crippen LogP contribution in [0.25, 0.3) is 0 Å². The molecule has 106 valence electrons. The van der Waals surface area contributed by atoms with Crippen molar-refractivity contribution in [3.63, 3.8) is 0 Å². The van der Waals surface area contributed by atoms with Gasteiger partial charge < -0.3 is 10.1 Å². The third kappa shape index (κ3) is 3.24. The monoisotopic (exact) mass is 273 g/mol. The molecule has 1 N–H and O–H groups in total. The van der Waals surface area contributed by atoms with Crippen LogP contribution < -0.4 is 15.6 Å². The van der Waals surface area contributed by atoms with E-state index in [9.17, 15) is 4.79 Å². The van der Waals surface area contributed by atoms with E-state index in [1.807, 2.05) is 31.2 Å². The summed E-state index contributed by atoms with van der Waals surface area (Å²) >= 11 is 0. The number of benzene rings is 1. The number of methoxy groups -OCH3 is 1. The van der Waals surface area contributed by atoms with Gasteiger partial charge in [0.25, 0.3) is 5.56 Å². The Morgan fingerprint density at radius 3 is 2.85 bits per heavy atom. The number of rotatable bonds is 6. The molecular formula is C15H19N3O2. The zero-order chi connectivity index (χ0) is 14.4. The number of hydrogen-bond donors (Lipinski definition) is 1. The molecule has 0 radical (unpaired) electrons. The molecule has 2 rings (SSSR count). The highest BCUT2D eigenvalue weighted by molar-refractivity contribution is 5.35. The second-order valence-electron chi connectivity index (χ2n) is 4.42. The van der Waals surface area contributed by atoms with E-state index in [1.54, 1.807) is 18.0 Å². The minimum absolute atomic E-state index is 0.00181. The standard InChI is InChI=1S/C15H19N3O2/c1-3-17-13(10-18-11-16-9-8-15(18)19)12-6-4-5-7-14(12)20-2/h4-9,11,13,17H,3,10H2,1-2H3. The van der Waals surface area contributed by atoms with Gasteiger partial charge in [0.15, 0.2) is 0 Å². The molecule has 0 amide bonds. The van der Waals surface area contributed by atoms with Crippen molar-refractivity contribution in [1.82, 2.24) is 14.9 Å². The Morgan fingerprint density at radius 2 is 2.15 bits per heavy atom. The number of para-hydroxylation sites is 1. The van der Waals surface area contributed by atoms with Crippen molar-refractivity contribution in [2.75, 3.05) is 13.7 Å². The summed E-state index contributed by atoms with van der Waals surface area (Å²) in [5.74, 6) is 0.815. The number of aromatic nitrogens is 2.